The molecule has 4 aromatic rings. The Morgan fingerprint density at radius 2 is 1.82 bits per heavy atom. The van der Waals surface area contributed by atoms with E-state index in [9.17, 15) is 5.11 Å². The van der Waals surface area contributed by atoms with Crippen LogP contribution in [0.4, 0.5) is 16.2 Å². The van der Waals surface area contributed by atoms with Crippen molar-refractivity contribution in [1.29, 1.82) is 0 Å². The highest BCUT2D eigenvalue weighted by atomic mass is 19.1. The molecule has 2 bridgehead atoms. The van der Waals surface area contributed by atoms with Crippen molar-refractivity contribution in [1.82, 2.24) is 20.3 Å². The second kappa shape index (κ2) is 7.52. The Hall–Kier alpha value is -3.52. The van der Waals surface area contributed by atoms with Gasteiger partial charge in [-0.3, -0.25) is 4.98 Å². The third-order valence-electron chi connectivity index (χ3n) is 6.67. The first-order chi connectivity index (χ1) is 16.0. The molecule has 2 N–H and O–H groups in total. The van der Waals surface area contributed by atoms with Crippen LogP contribution in [0.25, 0.3) is 32.9 Å². The van der Waals surface area contributed by atoms with Gasteiger partial charge in [-0.05, 0) is 35.7 Å². The number of benzene rings is 2. The van der Waals surface area contributed by atoms with Gasteiger partial charge in [0.15, 0.2) is 5.82 Å². The Morgan fingerprint density at radius 1 is 1.06 bits per heavy atom. The monoisotopic (exact) mass is 444 g/mol. The number of aromatic hydroxyl groups is 1. The van der Waals surface area contributed by atoms with E-state index >= 15 is 4.39 Å². The first-order valence-corrected chi connectivity index (χ1v) is 11.2. The molecule has 0 saturated carbocycles. The van der Waals surface area contributed by atoms with Gasteiger partial charge >= 0.3 is 0 Å². The van der Waals surface area contributed by atoms with E-state index in [1.54, 1.807) is 23.2 Å². The molecule has 0 aliphatic carbocycles. The predicted octanol–water partition coefficient (Wildman–Crippen LogP) is 3.70. The summed E-state index contributed by atoms with van der Waals surface area (Å²) in [6, 6.07) is 11.6. The molecule has 33 heavy (non-hydrogen) atoms. The van der Waals surface area contributed by atoms with E-state index in [-0.39, 0.29) is 17.0 Å². The Kier molecular flexibility index (Phi) is 4.58. The number of hydrogen-bond donors (Lipinski definition) is 2. The number of anilines is 2. The van der Waals surface area contributed by atoms with Gasteiger partial charge in [0.1, 0.15) is 22.8 Å². The van der Waals surface area contributed by atoms with Crippen LogP contribution in [0.2, 0.25) is 0 Å². The second-order valence-electron chi connectivity index (χ2n) is 9.18. The second-order valence-corrected chi connectivity index (χ2v) is 9.18. The first kappa shape index (κ1) is 20.1. The van der Waals surface area contributed by atoms with Crippen molar-refractivity contribution < 1.29 is 9.50 Å². The average Bonchev–Trinajstić information content (AvgIpc) is 3.15. The molecule has 0 amide bonds. The van der Waals surface area contributed by atoms with Crippen LogP contribution in [0.3, 0.4) is 0 Å². The van der Waals surface area contributed by atoms with Gasteiger partial charge in [-0.25, -0.2) is 9.37 Å². The summed E-state index contributed by atoms with van der Waals surface area (Å²) < 4.78 is 16.1. The molecule has 4 heterocycles. The molecule has 2 unspecified atom stereocenters. The molecular weight excluding hydrogens is 419 g/mol. The number of nitrogens with one attached hydrogen (secondary N) is 1. The molecule has 2 atom stereocenters. The summed E-state index contributed by atoms with van der Waals surface area (Å²) in [6.07, 6.45) is 3.96. The van der Waals surface area contributed by atoms with Crippen molar-refractivity contribution in [3.8, 4) is 17.0 Å². The smallest absolute Gasteiger partial charge is 0.227 e. The highest BCUT2D eigenvalue weighted by Gasteiger charge is 2.34. The Morgan fingerprint density at radius 3 is 2.58 bits per heavy atom. The molecule has 6 rings (SSSR count). The molecule has 168 valence electrons. The van der Waals surface area contributed by atoms with Crippen molar-refractivity contribution in [2.45, 2.75) is 24.9 Å². The number of phenolic OH excluding ortho intramolecular Hbond substituents is 1. The number of rotatable bonds is 3. The van der Waals surface area contributed by atoms with Gasteiger partial charge < -0.3 is 20.2 Å². The van der Waals surface area contributed by atoms with E-state index in [0.717, 1.165) is 42.5 Å². The van der Waals surface area contributed by atoms with Gasteiger partial charge in [0.25, 0.3) is 0 Å². The molecule has 2 aliphatic rings. The van der Waals surface area contributed by atoms with Crippen molar-refractivity contribution >= 4 is 33.4 Å². The van der Waals surface area contributed by atoms with Crippen molar-refractivity contribution in [2.24, 2.45) is 0 Å². The number of nitrogens with zero attached hydrogens (tertiary/aromatic N) is 5. The zero-order chi connectivity index (χ0) is 22.7. The molecular formula is C25H25FN6O. The van der Waals surface area contributed by atoms with Crippen molar-refractivity contribution in [2.75, 3.05) is 37.0 Å². The van der Waals surface area contributed by atoms with Crippen molar-refractivity contribution in [3.63, 3.8) is 0 Å². The Bertz CT molecular complexity index is 1380. The van der Waals surface area contributed by atoms with Gasteiger partial charge in [-0.2, -0.15) is 4.98 Å². The quantitative estimate of drug-likeness (QED) is 0.499. The summed E-state index contributed by atoms with van der Waals surface area (Å²) in [4.78, 5) is 17.9. The molecule has 7 nitrogen and oxygen atoms in total. The zero-order valence-corrected chi connectivity index (χ0v) is 18.6. The van der Waals surface area contributed by atoms with Gasteiger partial charge in [-0.1, -0.05) is 24.3 Å². The number of hydrogen-bond acceptors (Lipinski definition) is 7. The Balaban J connectivity index is 1.57. The normalized spacial score (nSPS) is 20.0. The largest absolute Gasteiger partial charge is 0.508 e. The molecule has 2 aromatic carbocycles. The summed E-state index contributed by atoms with van der Waals surface area (Å²) in [7, 11) is 3.71. The third kappa shape index (κ3) is 3.33. The van der Waals surface area contributed by atoms with E-state index in [2.05, 4.69) is 20.2 Å². The lowest BCUT2D eigenvalue weighted by atomic mass is 10.00. The van der Waals surface area contributed by atoms with E-state index in [4.69, 9.17) is 4.98 Å². The summed E-state index contributed by atoms with van der Waals surface area (Å²) in [5.41, 5.74) is 0.952. The molecule has 2 saturated heterocycles. The fourth-order valence-corrected chi connectivity index (χ4v) is 5.12. The van der Waals surface area contributed by atoms with Crippen LogP contribution in [-0.2, 0) is 0 Å². The molecule has 8 heteroatoms. The van der Waals surface area contributed by atoms with Crippen LogP contribution in [-0.4, -0.2) is 59.3 Å². The van der Waals surface area contributed by atoms with Crippen molar-refractivity contribution in [3.05, 3.63) is 48.4 Å². The summed E-state index contributed by atoms with van der Waals surface area (Å²) in [6.45, 7) is 1.66. The van der Waals surface area contributed by atoms with E-state index < -0.39 is 5.82 Å². The maximum absolute atomic E-state index is 16.1. The lowest BCUT2D eigenvalue weighted by Crippen LogP contribution is -2.51. The van der Waals surface area contributed by atoms with E-state index in [0.29, 0.717) is 29.0 Å². The highest BCUT2D eigenvalue weighted by Crippen LogP contribution is 2.37. The fourth-order valence-electron chi connectivity index (χ4n) is 5.12. The summed E-state index contributed by atoms with van der Waals surface area (Å²) in [5.74, 6) is 0.743. The van der Waals surface area contributed by atoms with E-state index in [1.165, 1.54) is 0 Å². The SMILES string of the molecule is CN(C)c1nc(N2CC3CCC(C2)N3)c2cnc(-c3cc(O)cc4ccccc34)c(F)c2n1. The average molecular weight is 445 g/mol. The molecule has 0 radical (unpaired) electrons. The van der Waals surface area contributed by atoms with Crippen LogP contribution in [0.5, 0.6) is 5.75 Å². The van der Waals surface area contributed by atoms with Gasteiger partial charge in [0.05, 0.1) is 5.39 Å². The fraction of sp³-hybridized carbons (Fsp3) is 0.320. The lowest BCUT2D eigenvalue weighted by molar-refractivity contribution is 0.464. The van der Waals surface area contributed by atoms with E-state index in [1.807, 2.05) is 38.4 Å². The standard InChI is InChI=1S/C25H25FN6O/c1-31(2)25-29-23-20(24(30-25)32-12-15-7-8-16(13-32)28-15)11-27-22(21(23)26)19-10-17(33)9-14-5-3-4-6-18(14)19/h3-6,9-11,15-16,28,33H,7-8,12-13H2,1-2H3. The number of piperazine rings is 1. The predicted molar refractivity (Wildman–Crippen MR) is 128 cm³/mol. The zero-order valence-electron chi connectivity index (χ0n) is 18.6. The molecule has 0 spiro atoms. The summed E-state index contributed by atoms with van der Waals surface area (Å²) in [5, 5.41) is 16.1. The van der Waals surface area contributed by atoms with Crippen LogP contribution >= 0.6 is 0 Å². The number of pyridine rings is 1. The minimum Gasteiger partial charge on any atom is -0.508 e. The van der Waals surface area contributed by atoms with Crippen LogP contribution in [0.1, 0.15) is 12.8 Å². The van der Waals surface area contributed by atoms with Gasteiger partial charge in [0, 0.05) is 51.0 Å². The van der Waals surface area contributed by atoms with Crippen LogP contribution in [0, 0.1) is 5.82 Å². The maximum Gasteiger partial charge on any atom is 0.227 e. The Labute approximate surface area is 190 Å². The van der Waals surface area contributed by atoms with Gasteiger partial charge in [0.2, 0.25) is 5.95 Å². The lowest BCUT2D eigenvalue weighted by Gasteiger charge is -2.34. The van der Waals surface area contributed by atoms with Crippen LogP contribution < -0.4 is 15.1 Å². The minimum absolute atomic E-state index is 0.0682. The number of aromatic nitrogens is 3. The first-order valence-electron chi connectivity index (χ1n) is 11.2. The molecule has 2 aromatic heterocycles. The number of fused-ring (bicyclic) bond motifs is 4. The highest BCUT2D eigenvalue weighted by molar-refractivity contribution is 6.00. The third-order valence-corrected chi connectivity index (χ3v) is 6.67. The van der Waals surface area contributed by atoms with Gasteiger partial charge in [-0.15, -0.1) is 0 Å². The molecule has 2 aliphatic heterocycles. The minimum atomic E-state index is -0.506. The summed E-state index contributed by atoms with van der Waals surface area (Å²) >= 11 is 0. The maximum atomic E-state index is 16.1. The number of halogens is 1. The topological polar surface area (TPSA) is 77.4 Å². The molecule has 2 fully saturated rings. The number of phenols is 1. The van der Waals surface area contributed by atoms with Crippen LogP contribution in [0.15, 0.2) is 42.6 Å².